The number of carbonyl (C=O) groups excluding carboxylic acids is 2. The average Bonchev–Trinajstić information content (AvgIpc) is 2.44. The summed E-state index contributed by atoms with van der Waals surface area (Å²) >= 11 is 3.34. The smallest absolute Gasteiger partial charge is 0.255 e. The zero-order chi connectivity index (χ0) is 16.0. The number of rotatable bonds is 6. The van der Waals surface area contributed by atoms with Crippen molar-refractivity contribution in [1.82, 2.24) is 10.2 Å². The summed E-state index contributed by atoms with van der Waals surface area (Å²) in [5.74, 6) is 0.570. The number of nitrogens with one attached hydrogen (secondary N) is 1. The van der Waals surface area contributed by atoms with Crippen LogP contribution >= 0.6 is 15.9 Å². The Bertz CT molecular complexity index is 518. The van der Waals surface area contributed by atoms with E-state index in [0.717, 1.165) is 0 Å². The number of benzene rings is 1. The number of methoxy groups -OCH3 is 1. The molecule has 0 radical (unpaired) electrons. The van der Waals surface area contributed by atoms with Crippen molar-refractivity contribution >= 4 is 27.7 Å². The number of hydrogen-bond acceptors (Lipinski definition) is 3. The lowest BCUT2D eigenvalue weighted by molar-refractivity contribution is -0.121. The standard InChI is InChI=1S/C15H21BrN2O3/c1-10(2)8-17-14(19)9-18(3)15(20)12-7-11(21-4)5-6-13(12)16/h5-7,10H,8-9H2,1-4H3,(H,17,19). The highest BCUT2D eigenvalue weighted by atomic mass is 79.9. The minimum Gasteiger partial charge on any atom is -0.497 e. The lowest BCUT2D eigenvalue weighted by Gasteiger charge is -2.18. The number of nitrogens with zero attached hydrogens (tertiary/aromatic N) is 1. The first kappa shape index (κ1) is 17.5. The largest absolute Gasteiger partial charge is 0.497 e. The predicted molar refractivity (Wildman–Crippen MR) is 85.5 cm³/mol. The summed E-state index contributed by atoms with van der Waals surface area (Å²) in [5.41, 5.74) is 0.466. The normalized spacial score (nSPS) is 10.4. The molecule has 5 nitrogen and oxygen atoms in total. The maximum Gasteiger partial charge on any atom is 0.255 e. The van der Waals surface area contributed by atoms with Gasteiger partial charge in [-0.3, -0.25) is 9.59 Å². The molecule has 0 aliphatic heterocycles. The van der Waals surface area contributed by atoms with Crippen molar-refractivity contribution in [3.63, 3.8) is 0 Å². The Morgan fingerprint density at radius 1 is 1.38 bits per heavy atom. The Morgan fingerprint density at radius 3 is 2.62 bits per heavy atom. The SMILES string of the molecule is COc1ccc(Br)c(C(=O)N(C)CC(=O)NCC(C)C)c1. The van der Waals surface area contributed by atoms with E-state index in [0.29, 0.717) is 28.2 Å². The highest BCUT2D eigenvalue weighted by Gasteiger charge is 2.18. The van der Waals surface area contributed by atoms with Gasteiger partial charge in [0.1, 0.15) is 5.75 Å². The van der Waals surface area contributed by atoms with E-state index in [9.17, 15) is 9.59 Å². The fraction of sp³-hybridized carbons (Fsp3) is 0.467. The van der Waals surface area contributed by atoms with Crippen molar-refractivity contribution in [3.05, 3.63) is 28.2 Å². The van der Waals surface area contributed by atoms with E-state index in [-0.39, 0.29) is 18.4 Å². The molecule has 21 heavy (non-hydrogen) atoms. The summed E-state index contributed by atoms with van der Waals surface area (Å²) in [6.45, 7) is 4.66. The lowest BCUT2D eigenvalue weighted by Crippen LogP contribution is -2.39. The second kappa shape index (κ2) is 8.02. The molecule has 0 bridgehead atoms. The van der Waals surface area contributed by atoms with Crippen LogP contribution in [0.3, 0.4) is 0 Å². The van der Waals surface area contributed by atoms with Gasteiger partial charge in [0.2, 0.25) is 5.91 Å². The third kappa shape index (κ3) is 5.38. The molecule has 2 amide bonds. The highest BCUT2D eigenvalue weighted by molar-refractivity contribution is 9.10. The molecular formula is C15H21BrN2O3. The molecule has 6 heteroatoms. The van der Waals surface area contributed by atoms with Crippen LogP contribution in [0.1, 0.15) is 24.2 Å². The van der Waals surface area contributed by atoms with Gasteiger partial charge in [-0.05, 0) is 40.0 Å². The van der Waals surface area contributed by atoms with Crippen molar-refractivity contribution in [2.24, 2.45) is 5.92 Å². The first-order valence-electron chi connectivity index (χ1n) is 6.70. The van der Waals surface area contributed by atoms with Crippen molar-refractivity contribution in [1.29, 1.82) is 0 Å². The molecule has 1 N–H and O–H groups in total. The van der Waals surface area contributed by atoms with Crippen molar-refractivity contribution in [3.8, 4) is 5.75 Å². The first-order chi connectivity index (χ1) is 9.85. The van der Waals surface area contributed by atoms with Crippen LogP contribution in [0.25, 0.3) is 0 Å². The van der Waals surface area contributed by atoms with Gasteiger partial charge in [-0.25, -0.2) is 0 Å². The average molecular weight is 357 g/mol. The van der Waals surface area contributed by atoms with Gasteiger partial charge in [0.15, 0.2) is 0 Å². The van der Waals surface area contributed by atoms with Gasteiger partial charge < -0.3 is 15.0 Å². The maximum absolute atomic E-state index is 12.4. The minimum atomic E-state index is -0.236. The fourth-order valence-electron chi connectivity index (χ4n) is 1.66. The highest BCUT2D eigenvalue weighted by Crippen LogP contribution is 2.23. The van der Waals surface area contributed by atoms with E-state index < -0.39 is 0 Å². The molecule has 0 spiro atoms. The fourth-order valence-corrected chi connectivity index (χ4v) is 2.08. The van der Waals surface area contributed by atoms with Gasteiger partial charge >= 0.3 is 0 Å². The molecule has 0 unspecified atom stereocenters. The second-order valence-corrected chi connectivity index (χ2v) is 6.06. The predicted octanol–water partition coefficient (Wildman–Crippen LogP) is 2.30. The Labute approximate surface area is 133 Å². The van der Waals surface area contributed by atoms with E-state index in [1.54, 1.807) is 32.4 Å². The minimum absolute atomic E-state index is 0.0230. The zero-order valence-corrected chi connectivity index (χ0v) is 14.4. The lowest BCUT2D eigenvalue weighted by atomic mass is 10.2. The van der Waals surface area contributed by atoms with Gasteiger partial charge in [-0.2, -0.15) is 0 Å². The van der Waals surface area contributed by atoms with Gasteiger partial charge in [0, 0.05) is 18.1 Å². The number of hydrogen-bond donors (Lipinski definition) is 1. The Kier molecular flexibility index (Phi) is 6.68. The summed E-state index contributed by atoms with van der Waals surface area (Å²) in [5, 5.41) is 2.79. The molecule has 1 rings (SSSR count). The van der Waals surface area contributed by atoms with E-state index >= 15 is 0 Å². The molecule has 0 saturated heterocycles. The summed E-state index contributed by atoms with van der Waals surface area (Å²) in [7, 11) is 3.14. The molecule has 0 fully saturated rings. The van der Waals surface area contributed by atoms with E-state index in [1.165, 1.54) is 4.90 Å². The quantitative estimate of drug-likeness (QED) is 0.850. The van der Waals surface area contributed by atoms with E-state index in [2.05, 4.69) is 21.2 Å². The third-order valence-corrected chi connectivity index (χ3v) is 3.53. The molecule has 0 aromatic heterocycles. The second-order valence-electron chi connectivity index (χ2n) is 5.20. The van der Waals surface area contributed by atoms with Crippen LogP contribution in [0.5, 0.6) is 5.75 Å². The first-order valence-corrected chi connectivity index (χ1v) is 7.50. The van der Waals surface area contributed by atoms with Crippen molar-refractivity contribution in [2.75, 3.05) is 27.2 Å². The molecule has 1 aromatic carbocycles. The number of ether oxygens (including phenoxy) is 1. The maximum atomic E-state index is 12.4. The number of likely N-dealkylation sites (N-methyl/N-ethyl adjacent to an activating group) is 1. The molecule has 116 valence electrons. The van der Waals surface area contributed by atoms with Gasteiger partial charge in [0.25, 0.3) is 5.91 Å². The van der Waals surface area contributed by atoms with Gasteiger partial charge in [0.05, 0.1) is 19.2 Å². The van der Waals surface area contributed by atoms with Crippen LogP contribution in [0.15, 0.2) is 22.7 Å². The van der Waals surface area contributed by atoms with Crippen molar-refractivity contribution in [2.45, 2.75) is 13.8 Å². The van der Waals surface area contributed by atoms with Crippen LogP contribution in [0, 0.1) is 5.92 Å². The summed E-state index contributed by atoms with van der Waals surface area (Å²) < 4.78 is 5.78. The Hall–Kier alpha value is -1.56. The molecule has 0 aliphatic rings. The molecule has 0 aliphatic carbocycles. The monoisotopic (exact) mass is 356 g/mol. The number of amides is 2. The summed E-state index contributed by atoms with van der Waals surface area (Å²) in [4.78, 5) is 25.5. The topological polar surface area (TPSA) is 58.6 Å². The number of halogens is 1. The molecule has 0 heterocycles. The van der Waals surface area contributed by atoms with Crippen molar-refractivity contribution < 1.29 is 14.3 Å². The summed E-state index contributed by atoms with van der Waals surface area (Å²) in [6, 6.07) is 5.16. The zero-order valence-electron chi connectivity index (χ0n) is 12.8. The van der Waals surface area contributed by atoms with Crippen LogP contribution in [-0.4, -0.2) is 44.0 Å². The number of carbonyl (C=O) groups is 2. The summed E-state index contributed by atoms with van der Waals surface area (Å²) in [6.07, 6.45) is 0. The molecule has 1 aromatic rings. The van der Waals surface area contributed by atoms with Gasteiger partial charge in [-0.1, -0.05) is 13.8 Å². The van der Waals surface area contributed by atoms with Crippen LogP contribution in [0.2, 0.25) is 0 Å². The van der Waals surface area contributed by atoms with E-state index in [1.807, 2.05) is 13.8 Å². The molecular weight excluding hydrogens is 336 g/mol. The molecule has 0 saturated carbocycles. The Morgan fingerprint density at radius 2 is 2.05 bits per heavy atom. The van der Waals surface area contributed by atoms with Crippen LogP contribution in [-0.2, 0) is 4.79 Å². The van der Waals surface area contributed by atoms with Crippen LogP contribution < -0.4 is 10.1 Å². The van der Waals surface area contributed by atoms with Crippen LogP contribution in [0.4, 0.5) is 0 Å². The van der Waals surface area contributed by atoms with Gasteiger partial charge in [-0.15, -0.1) is 0 Å². The Balaban J connectivity index is 2.72. The molecule has 0 atom stereocenters. The van der Waals surface area contributed by atoms with E-state index in [4.69, 9.17) is 4.74 Å². The third-order valence-electron chi connectivity index (χ3n) is 2.84.